The summed E-state index contributed by atoms with van der Waals surface area (Å²) in [5, 5.41) is 0. The van der Waals surface area contributed by atoms with E-state index in [-0.39, 0.29) is 0 Å². The van der Waals surface area contributed by atoms with Crippen molar-refractivity contribution < 1.29 is 0 Å². The quantitative estimate of drug-likeness (QED) is 0.608. The minimum Gasteiger partial charge on any atom is -0.0861 e. The van der Waals surface area contributed by atoms with Crippen molar-refractivity contribution in [2.45, 2.75) is 44.6 Å². The molecule has 0 spiro atoms. The largest absolute Gasteiger partial charge is 0.137 e. The molecule has 1 saturated carbocycles. The van der Waals surface area contributed by atoms with E-state index in [0.29, 0.717) is 0 Å². The molecule has 2 aliphatic rings. The third-order valence-electron chi connectivity index (χ3n) is 4.64. The highest BCUT2D eigenvalue weighted by atomic mass is 14.3. The van der Waals surface area contributed by atoms with Crippen LogP contribution in [0.15, 0.2) is 30.3 Å². The summed E-state index contributed by atoms with van der Waals surface area (Å²) in [6, 6.07) is 11.2. The van der Waals surface area contributed by atoms with Gasteiger partial charge in [-0.3, -0.25) is 0 Å². The lowest BCUT2D eigenvalue weighted by Crippen LogP contribution is -2.32. The molecule has 1 aromatic carbocycles. The second-order valence-electron chi connectivity index (χ2n) is 6.12. The van der Waals surface area contributed by atoms with E-state index in [2.05, 4.69) is 37.2 Å². The van der Waals surface area contributed by atoms with Gasteiger partial charge in [-0.25, -0.2) is 0 Å². The summed E-state index contributed by atoms with van der Waals surface area (Å²) in [5.41, 5.74) is 1.59. The van der Waals surface area contributed by atoms with Crippen LogP contribution in [0.3, 0.4) is 0 Å². The average molecular weight is 212 g/mol. The molecule has 1 aliphatic carbocycles. The van der Waals surface area contributed by atoms with Crippen molar-refractivity contribution in [2.75, 3.05) is 0 Å². The van der Waals surface area contributed by atoms with Crippen molar-refractivity contribution in [2.24, 2.45) is 11.8 Å². The van der Waals surface area contributed by atoms with Crippen molar-refractivity contribution in [3.05, 3.63) is 35.9 Å². The van der Waals surface area contributed by atoms with E-state index in [9.17, 15) is 0 Å². The number of rotatable bonds is 1. The Hall–Kier alpha value is -0.715. The topological polar surface area (TPSA) is 0 Å². The monoisotopic (exact) mass is 212 g/mol. The van der Waals surface area contributed by atoms with Gasteiger partial charge in [0, 0.05) is 0 Å². The van der Waals surface area contributed by atoms with E-state index in [4.69, 9.17) is 0 Å². The van der Waals surface area contributed by atoms with Crippen LogP contribution >= 0.6 is 0 Å². The van der Waals surface area contributed by atoms with Crippen molar-refractivity contribution in [1.29, 1.82) is 0 Å². The van der Waals surface area contributed by atoms with E-state index >= 15 is 0 Å². The van der Waals surface area contributed by atoms with Crippen LogP contribution < -0.4 is 0 Å². The van der Waals surface area contributed by atoms with E-state index in [0.717, 1.165) is 24.5 Å². The minimum atomic E-state index is 0.859. The fourth-order valence-corrected chi connectivity index (χ4v) is 4.18. The summed E-state index contributed by atoms with van der Waals surface area (Å²) in [6.45, 7) is 3.43. The maximum absolute atomic E-state index is 2.45. The summed E-state index contributed by atoms with van der Waals surface area (Å²) in [7, 11) is 0. The molecule has 0 nitrogen and oxygen atoms in total. The second-order valence-corrected chi connectivity index (χ2v) is 6.12. The van der Waals surface area contributed by atoms with E-state index in [1.807, 2.05) is 0 Å². The van der Waals surface area contributed by atoms with Gasteiger partial charge < -0.3 is 0 Å². The molecule has 16 heavy (non-hydrogen) atoms. The molecule has 2 bridgehead atoms. The van der Waals surface area contributed by atoms with Crippen molar-refractivity contribution in [1.82, 2.24) is 0 Å². The Labute approximate surface area is 99.5 Å². The molecule has 0 N–H and O–H groups in total. The molecule has 1 unspecified atom stereocenters. The molecule has 0 amide bonds. The second kappa shape index (κ2) is 4.27. The fraction of sp³-hybridized carbons (Fsp3) is 0.600. The standard InChI is InChI=1S/C15H21B/c1-16-10-12-7-13(11-16)9-15(8-12)14-5-3-2-4-6-14/h2-6,12-13,15H,7-11H2,1H3/t12-,13+,15?. The van der Waals surface area contributed by atoms with Crippen LogP contribution in [0.4, 0.5) is 0 Å². The van der Waals surface area contributed by atoms with Crippen LogP contribution in [0.1, 0.15) is 30.7 Å². The van der Waals surface area contributed by atoms with Gasteiger partial charge in [0.25, 0.3) is 0 Å². The lowest BCUT2D eigenvalue weighted by atomic mass is 9.37. The average Bonchev–Trinajstić information content (AvgIpc) is 2.28. The van der Waals surface area contributed by atoms with Gasteiger partial charge in [0.2, 0.25) is 0 Å². The summed E-state index contributed by atoms with van der Waals surface area (Å²) >= 11 is 0. The van der Waals surface area contributed by atoms with Gasteiger partial charge in [0.05, 0.1) is 0 Å². The Kier molecular flexibility index (Phi) is 2.79. The SMILES string of the molecule is CB1C[C@@H]2CC(c3ccccc3)C[C@H](C1)C2. The molecule has 3 atom stereocenters. The maximum Gasteiger partial charge on any atom is 0.137 e. The van der Waals surface area contributed by atoms with Crippen LogP contribution in [0.25, 0.3) is 0 Å². The van der Waals surface area contributed by atoms with Crippen molar-refractivity contribution >= 4 is 6.71 Å². The molecular weight excluding hydrogens is 191 g/mol. The Bertz CT molecular complexity index is 328. The minimum absolute atomic E-state index is 0.859. The normalized spacial score (nSPS) is 33.8. The maximum atomic E-state index is 2.45. The molecule has 2 fully saturated rings. The smallest absolute Gasteiger partial charge is 0.0861 e. The van der Waals surface area contributed by atoms with Crippen LogP contribution in [-0.2, 0) is 0 Å². The summed E-state index contributed by atoms with van der Waals surface area (Å²) in [4.78, 5) is 0. The van der Waals surface area contributed by atoms with Crippen LogP contribution in [-0.4, -0.2) is 6.71 Å². The Morgan fingerprint density at radius 2 is 1.56 bits per heavy atom. The van der Waals surface area contributed by atoms with Gasteiger partial charge in [0.1, 0.15) is 6.71 Å². The number of benzene rings is 1. The highest BCUT2D eigenvalue weighted by molar-refractivity contribution is 6.57. The zero-order valence-electron chi connectivity index (χ0n) is 10.2. The zero-order chi connectivity index (χ0) is 11.0. The number of hydrogen-bond acceptors (Lipinski definition) is 0. The van der Waals surface area contributed by atoms with Crippen molar-refractivity contribution in [3.63, 3.8) is 0 Å². The molecule has 1 aromatic rings. The highest BCUT2D eigenvalue weighted by Crippen LogP contribution is 2.46. The number of hydrogen-bond donors (Lipinski definition) is 0. The first-order chi connectivity index (χ1) is 7.81. The fourth-order valence-electron chi connectivity index (χ4n) is 4.18. The summed E-state index contributed by atoms with van der Waals surface area (Å²) in [6.07, 6.45) is 7.39. The molecule has 1 saturated heterocycles. The molecule has 1 aliphatic heterocycles. The molecular formula is C15H21B. The van der Waals surface area contributed by atoms with Gasteiger partial charge in [-0.15, -0.1) is 0 Å². The summed E-state index contributed by atoms with van der Waals surface area (Å²) in [5.74, 6) is 2.90. The lowest BCUT2D eigenvalue weighted by Gasteiger charge is -2.41. The molecule has 84 valence electrons. The zero-order valence-corrected chi connectivity index (χ0v) is 10.2. The lowest BCUT2D eigenvalue weighted by molar-refractivity contribution is 0.252. The van der Waals surface area contributed by atoms with E-state index < -0.39 is 0 Å². The van der Waals surface area contributed by atoms with Gasteiger partial charge >= 0.3 is 0 Å². The van der Waals surface area contributed by atoms with Gasteiger partial charge in [-0.1, -0.05) is 49.8 Å². The van der Waals surface area contributed by atoms with E-state index in [1.54, 1.807) is 5.56 Å². The van der Waals surface area contributed by atoms with Crippen LogP contribution in [0.5, 0.6) is 0 Å². The first kappa shape index (κ1) is 10.4. The van der Waals surface area contributed by atoms with Gasteiger partial charge in [-0.05, 0) is 42.6 Å². The van der Waals surface area contributed by atoms with Gasteiger partial charge in [-0.2, -0.15) is 0 Å². The molecule has 3 rings (SSSR count). The van der Waals surface area contributed by atoms with Crippen LogP contribution in [0, 0.1) is 11.8 Å². The van der Waals surface area contributed by atoms with Crippen molar-refractivity contribution in [3.8, 4) is 0 Å². The summed E-state index contributed by atoms with van der Waals surface area (Å²) < 4.78 is 0. The predicted molar refractivity (Wildman–Crippen MR) is 71.2 cm³/mol. The number of fused-ring (bicyclic) bond motifs is 2. The Morgan fingerprint density at radius 1 is 0.938 bits per heavy atom. The molecule has 1 heterocycles. The third kappa shape index (κ3) is 2.05. The predicted octanol–water partition coefficient (Wildman–Crippen LogP) is 4.32. The van der Waals surface area contributed by atoms with Gasteiger partial charge in [0.15, 0.2) is 0 Å². The highest BCUT2D eigenvalue weighted by Gasteiger charge is 2.35. The van der Waals surface area contributed by atoms with Crippen LogP contribution in [0.2, 0.25) is 19.5 Å². The molecule has 0 aromatic heterocycles. The first-order valence-electron chi connectivity index (χ1n) is 6.86. The third-order valence-corrected chi connectivity index (χ3v) is 4.64. The Morgan fingerprint density at radius 3 is 2.19 bits per heavy atom. The van der Waals surface area contributed by atoms with E-state index in [1.165, 1.54) is 31.9 Å². The Balaban J connectivity index is 1.76. The molecule has 1 heteroatoms. The molecule has 0 radical (unpaired) electrons. The first-order valence-corrected chi connectivity index (χ1v) is 6.86.